The Hall–Kier alpha value is -1.57. The van der Waals surface area contributed by atoms with Gasteiger partial charge >= 0.3 is 0 Å². The van der Waals surface area contributed by atoms with Gasteiger partial charge in [-0.05, 0) is 12.1 Å². The predicted octanol–water partition coefficient (Wildman–Crippen LogP) is 0.197. The number of carbonyl (C=O) groups excluding carboxylic acids is 2. The van der Waals surface area contributed by atoms with Crippen LogP contribution in [0.2, 0.25) is 0 Å². The zero-order valence-corrected chi connectivity index (χ0v) is 13.0. The molecule has 6 nitrogen and oxygen atoms in total. The van der Waals surface area contributed by atoms with E-state index >= 15 is 0 Å². The fraction of sp³-hybridized carbons (Fsp3) is 0.467. The van der Waals surface area contributed by atoms with E-state index in [1.807, 2.05) is 30.3 Å². The van der Waals surface area contributed by atoms with Crippen molar-refractivity contribution in [1.29, 1.82) is 0 Å². The monoisotopic (exact) mass is 321 g/mol. The molecule has 2 heterocycles. The number of nitrogens with zero attached hydrogens (tertiary/aromatic N) is 1. The molecule has 2 saturated heterocycles. The molecule has 0 bridgehead atoms. The second-order valence-electron chi connectivity index (χ2n) is 5.29. The first kappa shape index (κ1) is 15.3. The number of para-hydroxylation sites is 1. The smallest absolute Gasteiger partial charge is 0.253 e. The van der Waals surface area contributed by atoms with Crippen LogP contribution in [0.25, 0.3) is 0 Å². The molecular weight excluding hydrogens is 302 g/mol. The summed E-state index contributed by atoms with van der Waals surface area (Å²) in [6, 6.07) is 9.40. The van der Waals surface area contributed by atoms with Gasteiger partial charge in [-0.15, -0.1) is 11.8 Å². The minimum Gasteiger partial charge on any atom is -0.365 e. The fourth-order valence-electron chi connectivity index (χ4n) is 2.51. The van der Waals surface area contributed by atoms with Gasteiger partial charge in [0.2, 0.25) is 5.91 Å². The number of nitrogens with one attached hydrogen (secondary N) is 2. The highest BCUT2D eigenvalue weighted by Gasteiger charge is 2.29. The van der Waals surface area contributed by atoms with Gasteiger partial charge in [0.05, 0.1) is 18.7 Å². The quantitative estimate of drug-likeness (QED) is 0.829. The molecule has 7 heteroatoms. The van der Waals surface area contributed by atoms with Crippen LogP contribution in [0.1, 0.15) is 0 Å². The lowest BCUT2D eigenvalue weighted by Gasteiger charge is -2.33. The van der Waals surface area contributed by atoms with Crippen molar-refractivity contribution in [2.24, 2.45) is 0 Å². The first-order valence-electron chi connectivity index (χ1n) is 7.30. The summed E-state index contributed by atoms with van der Waals surface area (Å²) in [5, 5.41) is 6.03. The lowest BCUT2D eigenvalue weighted by atomic mass is 10.2. The standard InChI is InChI=1S/C15H19N3O3S/c19-14-8-21-12(6-16-15(20)13-9-22-10-17-13)7-18(14)11-4-2-1-3-5-11/h1-5,12-13,17H,6-10H2,(H,16,20). The minimum absolute atomic E-state index is 0.00300. The highest BCUT2D eigenvalue weighted by atomic mass is 32.2. The maximum Gasteiger partial charge on any atom is 0.253 e. The van der Waals surface area contributed by atoms with Gasteiger partial charge in [-0.25, -0.2) is 0 Å². The molecule has 2 fully saturated rings. The summed E-state index contributed by atoms with van der Waals surface area (Å²) in [6.45, 7) is 0.918. The average Bonchev–Trinajstić information content (AvgIpc) is 3.09. The van der Waals surface area contributed by atoms with Crippen LogP contribution in [0.5, 0.6) is 0 Å². The zero-order chi connectivity index (χ0) is 15.4. The first-order chi connectivity index (χ1) is 10.7. The number of thioether (sulfide) groups is 1. The molecule has 2 aliphatic rings. The van der Waals surface area contributed by atoms with Crippen molar-refractivity contribution >= 4 is 29.3 Å². The van der Waals surface area contributed by atoms with Crippen molar-refractivity contribution < 1.29 is 14.3 Å². The van der Waals surface area contributed by atoms with Gasteiger partial charge in [-0.2, -0.15) is 0 Å². The molecule has 1 aromatic carbocycles. The number of ether oxygens (including phenoxy) is 1. The van der Waals surface area contributed by atoms with Gasteiger partial charge in [0.1, 0.15) is 6.61 Å². The van der Waals surface area contributed by atoms with E-state index in [2.05, 4.69) is 10.6 Å². The van der Waals surface area contributed by atoms with Crippen LogP contribution in [0.4, 0.5) is 5.69 Å². The molecule has 0 radical (unpaired) electrons. The Bertz CT molecular complexity index is 534. The van der Waals surface area contributed by atoms with Gasteiger partial charge in [0.25, 0.3) is 5.91 Å². The van der Waals surface area contributed by atoms with E-state index in [1.54, 1.807) is 16.7 Å². The van der Waals surface area contributed by atoms with E-state index in [9.17, 15) is 9.59 Å². The van der Waals surface area contributed by atoms with Crippen molar-refractivity contribution in [2.75, 3.05) is 36.2 Å². The molecule has 0 spiro atoms. The molecule has 2 amide bonds. The summed E-state index contributed by atoms with van der Waals surface area (Å²) < 4.78 is 5.52. The van der Waals surface area contributed by atoms with E-state index in [0.29, 0.717) is 13.1 Å². The number of amides is 2. The van der Waals surface area contributed by atoms with Crippen molar-refractivity contribution in [3.8, 4) is 0 Å². The molecule has 0 aliphatic carbocycles. The third-order valence-corrected chi connectivity index (χ3v) is 4.67. The molecule has 22 heavy (non-hydrogen) atoms. The molecule has 0 saturated carbocycles. The number of carbonyl (C=O) groups is 2. The van der Waals surface area contributed by atoms with Crippen molar-refractivity contribution in [1.82, 2.24) is 10.6 Å². The summed E-state index contributed by atoms with van der Waals surface area (Å²) in [5.74, 6) is 1.56. The second-order valence-corrected chi connectivity index (χ2v) is 6.32. The van der Waals surface area contributed by atoms with E-state index in [4.69, 9.17) is 4.74 Å². The number of hydrogen-bond donors (Lipinski definition) is 2. The second kappa shape index (κ2) is 7.13. The van der Waals surface area contributed by atoms with Gasteiger partial charge in [-0.3, -0.25) is 14.9 Å². The number of hydrogen-bond acceptors (Lipinski definition) is 5. The SMILES string of the molecule is O=C(NCC1CN(c2ccccc2)C(=O)CO1)C1CSCN1. The summed E-state index contributed by atoms with van der Waals surface area (Å²) in [6.07, 6.45) is -0.184. The van der Waals surface area contributed by atoms with E-state index in [1.165, 1.54) is 0 Å². The molecule has 1 aromatic rings. The maximum absolute atomic E-state index is 12.0. The summed E-state index contributed by atoms with van der Waals surface area (Å²) >= 11 is 1.71. The highest BCUT2D eigenvalue weighted by Crippen LogP contribution is 2.18. The number of morpholine rings is 1. The molecule has 118 valence electrons. The normalized spacial score (nSPS) is 25.3. The highest BCUT2D eigenvalue weighted by molar-refractivity contribution is 7.99. The molecule has 2 N–H and O–H groups in total. The number of rotatable bonds is 4. The fourth-order valence-corrected chi connectivity index (χ4v) is 3.45. The van der Waals surface area contributed by atoms with Crippen LogP contribution >= 0.6 is 11.8 Å². The van der Waals surface area contributed by atoms with Gasteiger partial charge < -0.3 is 15.0 Å². The summed E-state index contributed by atoms with van der Waals surface area (Å²) in [5.41, 5.74) is 0.862. The maximum atomic E-state index is 12.0. The van der Waals surface area contributed by atoms with Crippen LogP contribution < -0.4 is 15.5 Å². The molecule has 2 atom stereocenters. The van der Waals surface area contributed by atoms with E-state index in [0.717, 1.165) is 17.3 Å². The lowest BCUT2D eigenvalue weighted by Crippen LogP contribution is -2.52. The van der Waals surface area contributed by atoms with Crippen LogP contribution in [0, 0.1) is 0 Å². The average molecular weight is 321 g/mol. The third-order valence-electron chi connectivity index (χ3n) is 3.73. The first-order valence-corrected chi connectivity index (χ1v) is 8.45. The number of anilines is 1. The molecule has 3 rings (SSSR count). The van der Waals surface area contributed by atoms with Gasteiger partial charge in [0.15, 0.2) is 0 Å². The van der Waals surface area contributed by atoms with Crippen molar-refractivity contribution in [2.45, 2.75) is 12.1 Å². The van der Waals surface area contributed by atoms with E-state index < -0.39 is 0 Å². The topological polar surface area (TPSA) is 70.7 Å². The molecule has 0 aromatic heterocycles. The van der Waals surface area contributed by atoms with E-state index in [-0.39, 0.29) is 30.6 Å². The Labute approximate surface area is 133 Å². The minimum atomic E-state index is -0.184. The van der Waals surface area contributed by atoms with Crippen LogP contribution in [-0.4, -0.2) is 55.3 Å². The van der Waals surface area contributed by atoms with Gasteiger partial charge in [0, 0.05) is 23.9 Å². The Balaban J connectivity index is 1.54. The molecular formula is C15H19N3O3S. The van der Waals surface area contributed by atoms with Crippen LogP contribution in [0.3, 0.4) is 0 Å². The van der Waals surface area contributed by atoms with Crippen LogP contribution in [-0.2, 0) is 14.3 Å². The molecule has 2 aliphatic heterocycles. The third kappa shape index (κ3) is 3.60. The number of benzene rings is 1. The zero-order valence-electron chi connectivity index (χ0n) is 12.2. The lowest BCUT2D eigenvalue weighted by molar-refractivity contribution is -0.129. The molecule has 2 unspecified atom stereocenters. The summed E-state index contributed by atoms with van der Waals surface area (Å²) in [7, 11) is 0. The Morgan fingerprint density at radius 1 is 1.41 bits per heavy atom. The Morgan fingerprint density at radius 2 is 2.23 bits per heavy atom. The Morgan fingerprint density at radius 3 is 2.95 bits per heavy atom. The predicted molar refractivity (Wildman–Crippen MR) is 85.8 cm³/mol. The van der Waals surface area contributed by atoms with Crippen molar-refractivity contribution in [3.63, 3.8) is 0 Å². The Kier molecular flexibility index (Phi) is 4.97. The van der Waals surface area contributed by atoms with Gasteiger partial charge in [-0.1, -0.05) is 18.2 Å². The summed E-state index contributed by atoms with van der Waals surface area (Å²) in [4.78, 5) is 25.7. The largest absolute Gasteiger partial charge is 0.365 e. The van der Waals surface area contributed by atoms with Crippen molar-refractivity contribution in [3.05, 3.63) is 30.3 Å². The van der Waals surface area contributed by atoms with Crippen LogP contribution in [0.15, 0.2) is 30.3 Å².